The maximum Gasteiger partial charge on any atom is 0.261 e. The molecule has 0 amide bonds. The molecule has 7 heteroatoms. The second-order valence-electron chi connectivity index (χ2n) is 4.19. The molecule has 2 aromatic rings. The van der Waals surface area contributed by atoms with Crippen LogP contribution in [0.3, 0.4) is 0 Å². The molecule has 21 heavy (non-hydrogen) atoms. The SMILES string of the molecule is COc1ccc(S(=O)(=O)Nc2ccc(C#N)cc2N)cc1. The van der Waals surface area contributed by atoms with Gasteiger partial charge >= 0.3 is 0 Å². The van der Waals surface area contributed by atoms with E-state index in [4.69, 9.17) is 15.7 Å². The number of sulfonamides is 1. The normalized spacial score (nSPS) is 10.7. The molecule has 0 aliphatic heterocycles. The van der Waals surface area contributed by atoms with Gasteiger partial charge in [-0.15, -0.1) is 0 Å². The Labute approximate surface area is 122 Å². The molecule has 3 N–H and O–H groups in total. The first kappa shape index (κ1) is 14.7. The fraction of sp³-hybridized carbons (Fsp3) is 0.0714. The molecule has 0 aliphatic rings. The molecule has 0 heterocycles. The first-order valence-corrected chi connectivity index (χ1v) is 7.41. The first-order valence-electron chi connectivity index (χ1n) is 5.93. The minimum atomic E-state index is -3.75. The average Bonchev–Trinajstić information content (AvgIpc) is 2.49. The van der Waals surface area contributed by atoms with Crippen LogP contribution in [0.2, 0.25) is 0 Å². The van der Waals surface area contributed by atoms with Gasteiger partial charge < -0.3 is 10.5 Å². The van der Waals surface area contributed by atoms with Gasteiger partial charge in [0.2, 0.25) is 0 Å². The van der Waals surface area contributed by atoms with Crippen LogP contribution in [0.4, 0.5) is 11.4 Å². The van der Waals surface area contributed by atoms with Crippen molar-refractivity contribution in [3.63, 3.8) is 0 Å². The van der Waals surface area contributed by atoms with E-state index in [-0.39, 0.29) is 16.3 Å². The van der Waals surface area contributed by atoms with Gasteiger partial charge in [0.25, 0.3) is 10.0 Å². The highest BCUT2D eigenvalue weighted by Gasteiger charge is 2.15. The summed E-state index contributed by atoms with van der Waals surface area (Å²) in [6, 6.07) is 12.2. The Morgan fingerprint density at radius 3 is 2.38 bits per heavy atom. The number of benzene rings is 2. The summed E-state index contributed by atoms with van der Waals surface area (Å²) in [5.41, 5.74) is 6.50. The minimum Gasteiger partial charge on any atom is -0.497 e. The summed E-state index contributed by atoms with van der Waals surface area (Å²) in [6.45, 7) is 0. The molecule has 6 nitrogen and oxygen atoms in total. The highest BCUT2D eigenvalue weighted by molar-refractivity contribution is 7.92. The van der Waals surface area contributed by atoms with Crippen molar-refractivity contribution in [2.24, 2.45) is 0 Å². The lowest BCUT2D eigenvalue weighted by molar-refractivity contribution is 0.414. The van der Waals surface area contributed by atoms with Crippen LogP contribution in [0.25, 0.3) is 0 Å². The van der Waals surface area contributed by atoms with Gasteiger partial charge in [-0.2, -0.15) is 5.26 Å². The molecular formula is C14H13N3O3S. The zero-order chi connectivity index (χ0) is 15.5. The fourth-order valence-electron chi connectivity index (χ4n) is 1.68. The molecule has 0 fully saturated rings. The van der Waals surface area contributed by atoms with Crippen LogP contribution >= 0.6 is 0 Å². The highest BCUT2D eigenvalue weighted by atomic mass is 32.2. The number of hydrogen-bond acceptors (Lipinski definition) is 5. The molecule has 0 aliphatic carbocycles. The molecule has 0 bridgehead atoms. The Balaban J connectivity index is 2.30. The van der Waals surface area contributed by atoms with Crippen molar-refractivity contribution in [1.29, 1.82) is 5.26 Å². The third-order valence-electron chi connectivity index (χ3n) is 2.79. The van der Waals surface area contributed by atoms with E-state index in [1.165, 1.54) is 37.4 Å². The predicted molar refractivity (Wildman–Crippen MR) is 79.4 cm³/mol. The van der Waals surface area contributed by atoms with Crippen molar-refractivity contribution in [1.82, 2.24) is 0 Å². The number of ether oxygens (including phenoxy) is 1. The number of nitrogens with two attached hydrogens (primary N) is 1. The molecule has 0 aromatic heterocycles. The summed E-state index contributed by atoms with van der Waals surface area (Å²) in [6.07, 6.45) is 0. The Hall–Kier alpha value is -2.72. The third kappa shape index (κ3) is 3.24. The van der Waals surface area contributed by atoms with E-state index in [0.717, 1.165) is 0 Å². The summed E-state index contributed by atoms with van der Waals surface area (Å²) >= 11 is 0. The van der Waals surface area contributed by atoms with Crippen LogP contribution in [0.15, 0.2) is 47.4 Å². The molecule has 0 saturated heterocycles. The van der Waals surface area contributed by atoms with Crippen LogP contribution in [-0.4, -0.2) is 15.5 Å². The first-order chi connectivity index (χ1) is 9.96. The van der Waals surface area contributed by atoms with E-state index in [1.807, 2.05) is 6.07 Å². The van der Waals surface area contributed by atoms with E-state index in [2.05, 4.69) is 4.72 Å². The molecule has 0 atom stereocenters. The molecule has 0 saturated carbocycles. The Bertz CT molecular complexity index is 793. The Kier molecular flexibility index (Phi) is 4.00. The number of methoxy groups -OCH3 is 1. The average molecular weight is 303 g/mol. The number of rotatable bonds is 4. The molecule has 108 valence electrons. The van der Waals surface area contributed by atoms with E-state index in [9.17, 15) is 8.42 Å². The molecule has 2 aromatic carbocycles. The molecule has 0 radical (unpaired) electrons. The molecule has 0 unspecified atom stereocenters. The third-order valence-corrected chi connectivity index (χ3v) is 4.18. The Morgan fingerprint density at radius 2 is 1.86 bits per heavy atom. The number of nitrogens with one attached hydrogen (secondary N) is 1. The number of nitrogen functional groups attached to an aromatic ring is 1. The van der Waals surface area contributed by atoms with Crippen LogP contribution in [0.5, 0.6) is 5.75 Å². The number of hydrogen-bond donors (Lipinski definition) is 2. The van der Waals surface area contributed by atoms with Gasteiger partial charge in [0.1, 0.15) is 5.75 Å². The van der Waals surface area contributed by atoms with Crippen LogP contribution < -0.4 is 15.2 Å². The maximum absolute atomic E-state index is 12.2. The lowest BCUT2D eigenvalue weighted by atomic mass is 10.2. The van der Waals surface area contributed by atoms with Crippen molar-refractivity contribution in [3.05, 3.63) is 48.0 Å². The summed E-state index contributed by atoms with van der Waals surface area (Å²) < 4.78 is 31.8. The summed E-state index contributed by atoms with van der Waals surface area (Å²) in [4.78, 5) is 0.0899. The van der Waals surface area contributed by atoms with Crippen molar-refractivity contribution in [2.75, 3.05) is 17.6 Å². The van der Waals surface area contributed by atoms with Crippen LogP contribution in [0.1, 0.15) is 5.56 Å². The standard InChI is InChI=1S/C14H13N3O3S/c1-20-11-3-5-12(6-4-11)21(18,19)17-14-7-2-10(9-15)8-13(14)16/h2-8,17H,16H2,1H3. The van der Waals surface area contributed by atoms with Gasteiger partial charge in [-0.25, -0.2) is 8.42 Å². The van der Waals surface area contributed by atoms with E-state index in [0.29, 0.717) is 11.3 Å². The second-order valence-corrected chi connectivity index (χ2v) is 5.88. The summed E-state index contributed by atoms with van der Waals surface area (Å²) in [5, 5.41) is 8.76. The topological polar surface area (TPSA) is 105 Å². The minimum absolute atomic E-state index is 0.0899. The van der Waals surface area contributed by atoms with Gasteiger partial charge in [-0.05, 0) is 42.5 Å². The maximum atomic E-state index is 12.2. The lowest BCUT2D eigenvalue weighted by Gasteiger charge is -2.11. The fourth-order valence-corrected chi connectivity index (χ4v) is 2.77. The van der Waals surface area contributed by atoms with E-state index >= 15 is 0 Å². The summed E-state index contributed by atoms with van der Waals surface area (Å²) in [7, 11) is -2.25. The van der Waals surface area contributed by atoms with Crippen molar-refractivity contribution < 1.29 is 13.2 Å². The monoisotopic (exact) mass is 303 g/mol. The van der Waals surface area contributed by atoms with Gasteiger partial charge in [0.15, 0.2) is 0 Å². The van der Waals surface area contributed by atoms with Gasteiger partial charge in [-0.3, -0.25) is 4.72 Å². The molecule has 0 spiro atoms. The van der Waals surface area contributed by atoms with Gasteiger partial charge in [-0.1, -0.05) is 0 Å². The van der Waals surface area contributed by atoms with Crippen molar-refractivity contribution in [3.8, 4) is 11.8 Å². The zero-order valence-electron chi connectivity index (χ0n) is 11.2. The molecule has 2 rings (SSSR count). The number of nitrogens with zero attached hydrogens (tertiary/aromatic N) is 1. The number of anilines is 2. The lowest BCUT2D eigenvalue weighted by Crippen LogP contribution is -2.14. The highest BCUT2D eigenvalue weighted by Crippen LogP contribution is 2.24. The smallest absolute Gasteiger partial charge is 0.261 e. The van der Waals surface area contributed by atoms with Crippen LogP contribution in [-0.2, 0) is 10.0 Å². The van der Waals surface area contributed by atoms with Gasteiger partial charge in [0, 0.05) is 0 Å². The summed E-state index contributed by atoms with van der Waals surface area (Å²) in [5.74, 6) is 0.562. The predicted octanol–water partition coefficient (Wildman–Crippen LogP) is 1.95. The molecular weight excluding hydrogens is 290 g/mol. The van der Waals surface area contributed by atoms with Gasteiger partial charge in [0.05, 0.1) is 35.0 Å². The van der Waals surface area contributed by atoms with Crippen molar-refractivity contribution >= 4 is 21.4 Å². The van der Waals surface area contributed by atoms with Crippen molar-refractivity contribution in [2.45, 2.75) is 4.90 Å². The number of nitriles is 1. The van der Waals surface area contributed by atoms with Crippen LogP contribution in [0, 0.1) is 11.3 Å². The van der Waals surface area contributed by atoms with E-state index < -0.39 is 10.0 Å². The second kappa shape index (κ2) is 5.73. The quantitative estimate of drug-likeness (QED) is 0.840. The Morgan fingerprint density at radius 1 is 1.19 bits per heavy atom. The van der Waals surface area contributed by atoms with E-state index in [1.54, 1.807) is 12.1 Å². The largest absolute Gasteiger partial charge is 0.497 e. The zero-order valence-corrected chi connectivity index (χ0v) is 12.0.